The first-order chi connectivity index (χ1) is 8.84. The molecule has 2 heterocycles. The maximum Gasteiger partial charge on any atom is 2.00 e. The molecule has 0 bridgehead atoms. The molecule has 0 N–H and O–H groups in total. The van der Waals surface area contributed by atoms with Crippen LogP contribution in [0.1, 0.15) is 5.56 Å². The van der Waals surface area contributed by atoms with Crippen LogP contribution in [0.3, 0.4) is 0 Å². The van der Waals surface area contributed by atoms with Gasteiger partial charge < -0.3 is 11.8 Å². The van der Waals surface area contributed by atoms with Crippen LogP contribution in [-0.4, -0.2) is 9.38 Å². The van der Waals surface area contributed by atoms with Gasteiger partial charge in [0, 0.05) is 50.6 Å². The second kappa shape index (κ2) is 7.14. The van der Waals surface area contributed by atoms with Crippen LogP contribution in [0.5, 0.6) is 0 Å². The van der Waals surface area contributed by atoms with Crippen LogP contribution in [0, 0.1) is 20.4 Å². The molecule has 0 amide bonds. The summed E-state index contributed by atoms with van der Waals surface area (Å²) in [6, 6.07) is 15.9. The molecule has 2 nitrogen and oxygen atoms in total. The van der Waals surface area contributed by atoms with Gasteiger partial charge in [0.25, 0.3) is 0 Å². The van der Waals surface area contributed by atoms with Crippen LogP contribution < -0.4 is 0 Å². The van der Waals surface area contributed by atoms with Gasteiger partial charge in [0.15, 0.2) is 0 Å². The zero-order valence-electron chi connectivity index (χ0n) is 11.9. The van der Waals surface area contributed by atoms with Gasteiger partial charge in [0.1, 0.15) is 0 Å². The Bertz CT molecular complexity index is 899. The Labute approximate surface area is 164 Å². The van der Waals surface area contributed by atoms with Crippen LogP contribution in [0.4, 0.5) is 0 Å². The monoisotopic (exact) mass is 530 g/mol. The molecule has 2 aromatic carbocycles. The average molecular weight is 530 g/mol. The number of nitrogens with zero attached hydrogens (tertiary/aromatic N) is 2. The molecule has 105 valence electrons. The molecule has 0 saturated carbocycles. The summed E-state index contributed by atoms with van der Waals surface area (Å²) in [5.41, 5.74) is 3.44. The van der Waals surface area contributed by atoms with E-state index in [1.165, 1.54) is 21.9 Å². The minimum absolute atomic E-state index is 0. The molecule has 21 heavy (non-hydrogen) atoms. The summed E-state index contributed by atoms with van der Waals surface area (Å²) < 4.78 is 2.13. The Hall–Kier alpha value is -0.558. The maximum atomic E-state index is 4.45. The molecule has 4 heteroatoms. The van der Waals surface area contributed by atoms with Crippen molar-refractivity contribution >= 4 is 27.3 Å². The van der Waals surface area contributed by atoms with E-state index in [9.17, 15) is 0 Å². The molecule has 0 aliphatic carbocycles. The predicted molar refractivity (Wildman–Crippen MR) is 80.2 cm³/mol. The molecule has 2 aromatic heterocycles. The number of hydrogen-bond donors (Lipinski definition) is 0. The number of benzene rings is 2. The number of pyridine rings is 1. The van der Waals surface area contributed by atoms with Gasteiger partial charge >= 0.3 is 21.1 Å². The number of imidazole rings is 1. The van der Waals surface area contributed by atoms with Gasteiger partial charge in [-0.15, -0.1) is 29.7 Å². The number of rotatable bonds is 0. The first-order valence-corrected chi connectivity index (χ1v) is 6.00. The first kappa shape index (κ1) is 18.5. The third-order valence-corrected chi connectivity index (χ3v) is 3.42. The van der Waals surface area contributed by atoms with Gasteiger partial charge in [0.2, 0.25) is 0 Å². The van der Waals surface area contributed by atoms with Crippen molar-refractivity contribution in [1.29, 1.82) is 0 Å². The molecule has 0 atom stereocenters. The van der Waals surface area contributed by atoms with Crippen LogP contribution in [-0.2, 0) is 53.8 Å². The van der Waals surface area contributed by atoms with Crippen molar-refractivity contribution in [3.63, 3.8) is 0 Å². The predicted octanol–water partition coefficient (Wildman–Crippen LogP) is 4.19. The van der Waals surface area contributed by atoms with Crippen molar-refractivity contribution in [1.82, 2.24) is 9.38 Å². The van der Waals surface area contributed by atoms with Crippen molar-refractivity contribution in [3.8, 4) is 0 Å². The minimum atomic E-state index is 0. The van der Waals surface area contributed by atoms with E-state index in [4.69, 9.17) is 0 Å². The molecule has 0 spiro atoms. The Morgan fingerprint density at radius 1 is 1.14 bits per heavy atom. The van der Waals surface area contributed by atoms with Gasteiger partial charge in [0.05, 0.1) is 5.65 Å². The van der Waals surface area contributed by atoms with E-state index in [0.29, 0.717) is 0 Å². The molecular weight excluding hydrogens is 516 g/mol. The summed E-state index contributed by atoms with van der Waals surface area (Å²) in [5.74, 6) is 0. The van der Waals surface area contributed by atoms with Crippen molar-refractivity contribution in [2.75, 3.05) is 0 Å². The summed E-state index contributed by atoms with van der Waals surface area (Å²) in [7, 11) is 0. The van der Waals surface area contributed by atoms with Gasteiger partial charge in [-0.05, 0) is 18.4 Å². The summed E-state index contributed by atoms with van der Waals surface area (Å²) in [6.07, 6.45) is 3.85. The largest absolute Gasteiger partial charge is 2.00 e. The molecule has 0 aliphatic rings. The molecule has 4 aromatic rings. The van der Waals surface area contributed by atoms with Crippen LogP contribution in [0.25, 0.3) is 27.3 Å². The Morgan fingerprint density at radius 2 is 1.95 bits per heavy atom. The standard InChI is InChI=1S/C16H11N2.CH3.Pt.Y/c1-11-6-7-15-14(10-11)12-4-2-3-5-13(12)16-17-8-9-18(15)16;;;/h2-4,6-10H,1H3;1H3;;/q2*-1;+2;. The number of aromatic nitrogens is 2. The Morgan fingerprint density at radius 3 is 2.76 bits per heavy atom. The van der Waals surface area contributed by atoms with E-state index < -0.39 is 0 Å². The SMILES string of the molecule is Cc1ccc2c(c1)c1ccc[c-]c1c1nccn21.[CH3-].[Pt+2].[Y]. The maximum absolute atomic E-state index is 4.45. The van der Waals surface area contributed by atoms with Crippen LogP contribution in [0.15, 0.2) is 48.8 Å². The van der Waals surface area contributed by atoms with E-state index in [2.05, 4.69) is 46.6 Å². The molecule has 4 rings (SSSR count). The third-order valence-electron chi connectivity index (χ3n) is 3.42. The fraction of sp³-hybridized carbons (Fsp3) is 0.0588. The molecule has 1 radical (unpaired) electrons. The van der Waals surface area contributed by atoms with Crippen molar-refractivity contribution < 1.29 is 53.8 Å². The Kier molecular flexibility index (Phi) is 6.28. The summed E-state index contributed by atoms with van der Waals surface area (Å²) in [5, 5.41) is 3.56. The molecule has 0 fully saturated rings. The van der Waals surface area contributed by atoms with Crippen LogP contribution in [0.2, 0.25) is 0 Å². The van der Waals surface area contributed by atoms with Crippen LogP contribution >= 0.6 is 0 Å². The zero-order valence-corrected chi connectivity index (χ0v) is 17.0. The van der Waals surface area contributed by atoms with Gasteiger partial charge in [-0.25, -0.2) is 0 Å². The quantitative estimate of drug-likeness (QED) is 0.246. The summed E-state index contributed by atoms with van der Waals surface area (Å²) in [4.78, 5) is 4.45. The summed E-state index contributed by atoms with van der Waals surface area (Å²) in [6.45, 7) is 2.12. The van der Waals surface area contributed by atoms with E-state index >= 15 is 0 Å². The van der Waals surface area contributed by atoms with E-state index in [1.807, 2.05) is 24.5 Å². The molecule has 0 unspecified atom stereocenters. The normalized spacial score (nSPS) is 9.95. The minimum Gasteiger partial charge on any atom is -0.358 e. The molecular formula is C17H14N2PtY. The fourth-order valence-corrected chi connectivity index (χ4v) is 2.60. The third kappa shape index (κ3) is 2.86. The first-order valence-electron chi connectivity index (χ1n) is 6.00. The van der Waals surface area contributed by atoms with Crippen molar-refractivity contribution in [2.24, 2.45) is 0 Å². The second-order valence-corrected chi connectivity index (χ2v) is 4.60. The van der Waals surface area contributed by atoms with E-state index in [-0.39, 0.29) is 61.2 Å². The van der Waals surface area contributed by atoms with Gasteiger partial charge in [-0.1, -0.05) is 23.1 Å². The number of hydrogen-bond acceptors (Lipinski definition) is 1. The second-order valence-electron chi connectivity index (χ2n) is 4.60. The van der Waals surface area contributed by atoms with E-state index in [0.717, 1.165) is 11.0 Å². The fourth-order valence-electron chi connectivity index (χ4n) is 2.60. The van der Waals surface area contributed by atoms with E-state index in [1.54, 1.807) is 0 Å². The average Bonchev–Trinajstić information content (AvgIpc) is 2.88. The Balaban J connectivity index is 0.000000735. The van der Waals surface area contributed by atoms with Gasteiger partial charge in [-0.2, -0.15) is 0 Å². The van der Waals surface area contributed by atoms with Gasteiger partial charge in [-0.3, -0.25) is 4.98 Å². The molecule has 0 saturated heterocycles. The number of aryl methyl sites for hydroxylation is 1. The smallest absolute Gasteiger partial charge is 0.358 e. The molecule has 0 aliphatic heterocycles. The topological polar surface area (TPSA) is 17.3 Å². The number of fused-ring (bicyclic) bond motifs is 6. The summed E-state index contributed by atoms with van der Waals surface area (Å²) >= 11 is 0. The zero-order chi connectivity index (χ0) is 12.1. The van der Waals surface area contributed by atoms with Crippen molar-refractivity contribution in [2.45, 2.75) is 6.92 Å². The van der Waals surface area contributed by atoms with Crippen molar-refractivity contribution in [3.05, 3.63) is 67.8 Å².